The van der Waals surface area contributed by atoms with Gasteiger partial charge in [0.25, 0.3) is 0 Å². The SMILES string of the molecule is Cc1nccn1CCSc1ccc(N)cc1. The number of anilines is 1. The van der Waals surface area contributed by atoms with E-state index in [0.29, 0.717) is 0 Å². The van der Waals surface area contributed by atoms with Crippen LogP contribution in [0, 0.1) is 6.92 Å². The molecule has 0 saturated carbocycles. The number of hydrogen-bond donors (Lipinski definition) is 1. The molecule has 0 bridgehead atoms. The zero-order valence-corrected chi connectivity index (χ0v) is 10.1. The number of hydrogen-bond acceptors (Lipinski definition) is 3. The summed E-state index contributed by atoms with van der Waals surface area (Å²) in [5.74, 6) is 2.11. The fourth-order valence-corrected chi connectivity index (χ4v) is 2.32. The summed E-state index contributed by atoms with van der Waals surface area (Å²) in [7, 11) is 0. The van der Waals surface area contributed by atoms with Crippen LogP contribution in [0.1, 0.15) is 5.82 Å². The largest absolute Gasteiger partial charge is 0.399 e. The van der Waals surface area contributed by atoms with Gasteiger partial charge in [-0.2, -0.15) is 0 Å². The summed E-state index contributed by atoms with van der Waals surface area (Å²) < 4.78 is 2.16. The first-order chi connectivity index (χ1) is 7.75. The summed E-state index contributed by atoms with van der Waals surface area (Å²) in [4.78, 5) is 5.45. The maximum absolute atomic E-state index is 5.63. The van der Waals surface area contributed by atoms with Crippen molar-refractivity contribution in [2.24, 2.45) is 0 Å². The Labute approximate surface area is 99.7 Å². The van der Waals surface area contributed by atoms with Crippen molar-refractivity contribution in [3.05, 3.63) is 42.5 Å². The number of thioether (sulfide) groups is 1. The van der Waals surface area contributed by atoms with Crippen LogP contribution in [0.3, 0.4) is 0 Å². The summed E-state index contributed by atoms with van der Waals surface area (Å²) in [6.07, 6.45) is 3.85. The summed E-state index contributed by atoms with van der Waals surface area (Å²) in [6, 6.07) is 7.98. The minimum absolute atomic E-state index is 0.815. The molecule has 0 aliphatic heterocycles. The molecular weight excluding hydrogens is 218 g/mol. The number of rotatable bonds is 4. The maximum Gasteiger partial charge on any atom is 0.105 e. The van der Waals surface area contributed by atoms with Gasteiger partial charge in [0, 0.05) is 35.3 Å². The van der Waals surface area contributed by atoms with Crippen LogP contribution in [0.2, 0.25) is 0 Å². The number of nitrogens with two attached hydrogens (primary N) is 1. The Morgan fingerprint density at radius 3 is 2.69 bits per heavy atom. The molecule has 0 aliphatic carbocycles. The van der Waals surface area contributed by atoms with Crippen molar-refractivity contribution in [2.45, 2.75) is 18.4 Å². The van der Waals surface area contributed by atoms with Crippen LogP contribution in [0.15, 0.2) is 41.6 Å². The molecule has 0 fully saturated rings. The van der Waals surface area contributed by atoms with E-state index in [0.717, 1.165) is 23.8 Å². The Morgan fingerprint density at radius 2 is 2.06 bits per heavy atom. The molecule has 1 aromatic carbocycles. The Kier molecular flexibility index (Phi) is 3.51. The summed E-state index contributed by atoms with van der Waals surface area (Å²) in [5, 5.41) is 0. The molecule has 2 N–H and O–H groups in total. The highest BCUT2D eigenvalue weighted by molar-refractivity contribution is 7.99. The lowest BCUT2D eigenvalue weighted by Gasteiger charge is -2.05. The Morgan fingerprint density at radius 1 is 1.31 bits per heavy atom. The average Bonchev–Trinajstić information content (AvgIpc) is 2.68. The van der Waals surface area contributed by atoms with Crippen LogP contribution in [-0.2, 0) is 6.54 Å². The third-order valence-corrected chi connectivity index (χ3v) is 3.40. The molecule has 0 spiro atoms. The van der Waals surface area contributed by atoms with E-state index in [4.69, 9.17) is 5.73 Å². The van der Waals surface area contributed by atoms with Crippen LogP contribution in [-0.4, -0.2) is 15.3 Å². The number of benzene rings is 1. The molecule has 0 atom stereocenters. The smallest absolute Gasteiger partial charge is 0.105 e. The lowest BCUT2D eigenvalue weighted by molar-refractivity contribution is 0.738. The molecule has 16 heavy (non-hydrogen) atoms. The number of aromatic nitrogens is 2. The second kappa shape index (κ2) is 5.07. The molecule has 0 unspecified atom stereocenters. The van der Waals surface area contributed by atoms with Crippen LogP contribution >= 0.6 is 11.8 Å². The van der Waals surface area contributed by atoms with Gasteiger partial charge in [0.15, 0.2) is 0 Å². The van der Waals surface area contributed by atoms with Gasteiger partial charge in [0.2, 0.25) is 0 Å². The van der Waals surface area contributed by atoms with Crippen molar-refractivity contribution in [1.29, 1.82) is 0 Å². The van der Waals surface area contributed by atoms with E-state index in [9.17, 15) is 0 Å². The van der Waals surface area contributed by atoms with E-state index in [1.165, 1.54) is 4.90 Å². The first kappa shape index (κ1) is 11.1. The molecule has 3 nitrogen and oxygen atoms in total. The first-order valence-electron chi connectivity index (χ1n) is 5.22. The number of nitrogen functional groups attached to an aromatic ring is 1. The molecule has 0 radical (unpaired) electrons. The van der Waals surface area contributed by atoms with Crippen molar-refractivity contribution in [2.75, 3.05) is 11.5 Å². The van der Waals surface area contributed by atoms with Crippen molar-refractivity contribution >= 4 is 17.4 Å². The van der Waals surface area contributed by atoms with Crippen LogP contribution < -0.4 is 5.73 Å². The number of nitrogens with zero attached hydrogens (tertiary/aromatic N) is 2. The molecule has 4 heteroatoms. The molecule has 1 aromatic heterocycles. The maximum atomic E-state index is 5.63. The average molecular weight is 233 g/mol. The molecule has 84 valence electrons. The van der Waals surface area contributed by atoms with Crippen molar-refractivity contribution in [3.8, 4) is 0 Å². The normalized spacial score (nSPS) is 10.6. The fraction of sp³-hybridized carbons (Fsp3) is 0.250. The second-order valence-corrected chi connectivity index (χ2v) is 4.75. The van der Waals surface area contributed by atoms with Gasteiger partial charge in [-0.3, -0.25) is 0 Å². The minimum atomic E-state index is 0.815. The van der Waals surface area contributed by atoms with Crippen molar-refractivity contribution in [1.82, 2.24) is 9.55 Å². The van der Waals surface area contributed by atoms with E-state index in [-0.39, 0.29) is 0 Å². The Bertz CT molecular complexity index is 448. The molecule has 0 aliphatic rings. The predicted molar refractivity (Wildman–Crippen MR) is 68.5 cm³/mol. The van der Waals surface area contributed by atoms with Gasteiger partial charge < -0.3 is 10.3 Å². The highest BCUT2D eigenvalue weighted by Crippen LogP contribution is 2.19. The molecule has 1 heterocycles. The van der Waals surface area contributed by atoms with Gasteiger partial charge in [-0.1, -0.05) is 0 Å². The highest BCUT2D eigenvalue weighted by atomic mass is 32.2. The van der Waals surface area contributed by atoms with E-state index in [2.05, 4.69) is 21.7 Å². The summed E-state index contributed by atoms with van der Waals surface area (Å²) in [6.45, 7) is 3.01. The van der Waals surface area contributed by atoms with E-state index < -0.39 is 0 Å². The van der Waals surface area contributed by atoms with E-state index in [1.54, 1.807) is 0 Å². The zero-order chi connectivity index (χ0) is 11.4. The van der Waals surface area contributed by atoms with Gasteiger partial charge >= 0.3 is 0 Å². The van der Waals surface area contributed by atoms with Gasteiger partial charge in [-0.05, 0) is 31.2 Å². The lowest BCUT2D eigenvalue weighted by atomic mass is 10.3. The molecular formula is C12H15N3S. The number of aryl methyl sites for hydroxylation is 2. The predicted octanol–water partition coefficient (Wildman–Crippen LogP) is 2.57. The van der Waals surface area contributed by atoms with Crippen molar-refractivity contribution in [3.63, 3.8) is 0 Å². The van der Waals surface area contributed by atoms with E-state index in [1.807, 2.05) is 43.2 Å². The fourth-order valence-electron chi connectivity index (χ4n) is 1.47. The second-order valence-electron chi connectivity index (χ2n) is 3.59. The summed E-state index contributed by atoms with van der Waals surface area (Å²) >= 11 is 1.83. The van der Waals surface area contributed by atoms with Gasteiger partial charge in [0.05, 0.1) is 0 Å². The summed E-state index contributed by atoms with van der Waals surface area (Å²) in [5.41, 5.74) is 6.45. The molecule has 0 saturated heterocycles. The van der Waals surface area contributed by atoms with Crippen LogP contribution in [0.5, 0.6) is 0 Å². The first-order valence-corrected chi connectivity index (χ1v) is 6.20. The van der Waals surface area contributed by atoms with Crippen LogP contribution in [0.25, 0.3) is 0 Å². The molecule has 0 amide bonds. The standard InChI is InChI=1S/C12H15N3S/c1-10-14-6-7-15(10)8-9-16-12-4-2-11(13)3-5-12/h2-7H,8-9,13H2,1H3. The topological polar surface area (TPSA) is 43.8 Å². The van der Waals surface area contributed by atoms with Crippen LogP contribution in [0.4, 0.5) is 5.69 Å². The van der Waals surface area contributed by atoms with Gasteiger partial charge in [0.1, 0.15) is 5.82 Å². The zero-order valence-electron chi connectivity index (χ0n) is 9.26. The van der Waals surface area contributed by atoms with Crippen molar-refractivity contribution < 1.29 is 0 Å². The van der Waals surface area contributed by atoms with Gasteiger partial charge in [-0.25, -0.2) is 4.98 Å². The lowest BCUT2D eigenvalue weighted by Crippen LogP contribution is -2.01. The quantitative estimate of drug-likeness (QED) is 0.652. The number of imidazole rings is 1. The Balaban J connectivity index is 1.84. The third-order valence-electron chi connectivity index (χ3n) is 2.40. The minimum Gasteiger partial charge on any atom is -0.399 e. The monoisotopic (exact) mass is 233 g/mol. The third kappa shape index (κ3) is 2.79. The van der Waals surface area contributed by atoms with E-state index >= 15 is 0 Å². The molecule has 2 rings (SSSR count). The molecule has 2 aromatic rings. The Hall–Kier alpha value is -1.42. The van der Waals surface area contributed by atoms with Gasteiger partial charge in [-0.15, -0.1) is 11.8 Å². The highest BCUT2D eigenvalue weighted by Gasteiger charge is 1.97.